The zero-order valence-corrected chi connectivity index (χ0v) is 43.4. The smallest absolute Gasteiger partial charge is 0.294 e. The molecule has 7 rings (SSSR count). The molecule has 390 valence electrons. The summed E-state index contributed by atoms with van der Waals surface area (Å²) in [4.78, 5) is 38.2. The molecule has 0 saturated carbocycles. The Kier molecular flexibility index (Phi) is 15.5. The number of hydrogen-bond acceptors (Lipinski definition) is 14. The number of anilines is 1. The zero-order valence-electron chi connectivity index (χ0n) is 40.1. The first kappa shape index (κ1) is 54.6. The molecule has 1 aliphatic carbocycles. The van der Waals surface area contributed by atoms with Gasteiger partial charge in [-0.15, -0.1) is 0 Å². The van der Waals surface area contributed by atoms with Crippen molar-refractivity contribution >= 4 is 75.3 Å². The predicted molar refractivity (Wildman–Crippen MR) is 267 cm³/mol. The highest BCUT2D eigenvalue weighted by atomic mass is 32.2. The van der Waals surface area contributed by atoms with Crippen LogP contribution in [0.15, 0.2) is 130 Å². The lowest BCUT2D eigenvalue weighted by molar-refractivity contribution is -0.432. The summed E-state index contributed by atoms with van der Waals surface area (Å²) in [7, 11) is -18.4. The van der Waals surface area contributed by atoms with E-state index in [2.05, 4.69) is 5.32 Å². The third-order valence-electron chi connectivity index (χ3n) is 13.2. The van der Waals surface area contributed by atoms with Gasteiger partial charge in [-0.2, -0.15) is 29.8 Å². The van der Waals surface area contributed by atoms with Crippen LogP contribution >= 0.6 is 0 Å². The van der Waals surface area contributed by atoms with Crippen LogP contribution in [0.1, 0.15) is 70.1 Å². The SMILES string of the molecule is CC1(C)C(/C=C/C2=C(Oc3ccc(CCC(=O)NCCN4C(=O)C=CC4=O)cc3)C(=C/C=C3/N(CCS(=O)(=O)O)c4ccc(S(=O)(=O)O)cc4C3(C)C)/CCC2)=[N+](CCS(=O)(=O)O)c2ccc(S(=O)(=O)[O-])cc21. The number of ether oxygens (including phenoxy) is 1. The van der Waals surface area contributed by atoms with Gasteiger partial charge in [0.2, 0.25) is 11.6 Å². The van der Waals surface area contributed by atoms with Crippen LogP contribution in [0.2, 0.25) is 0 Å². The van der Waals surface area contributed by atoms with Gasteiger partial charge in [0.15, 0.2) is 12.3 Å². The highest BCUT2D eigenvalue weighted by Gasteiger charge is 2.45. The first-order chi connectivity index (χ1) is 33.9. The summed E-state index contributed by atoms with van der Waals surface area (Å²) in [6.45, 7) is 6.81. The van der Waals surface area contributed by atoms with Crippen molar-refractivity contribution in [1.29, 1.82) is 0 Å². The van der Waals surface area contributed by atoms with Gasteiger partial charge in [0.05, 0.1) is 21.0 Å². The number of allylic oxidation sites excluding steroid dienone is 7. The van der Waals surface area contributed by atoms with Crippen molar-refractivity contribution in [3.8, 4) is 5.75 Å². The van der Waals surface area contributed by atoms with Crippen molar-refractivity contribution in [1.82, 2.24) is 10.2 Å². The molecule has 73 heavy (non-hydrogen) atoms. The minimum absolute atomic E-state index is 0.0332. The maximum atomic E-state index is 12.7. The Balaban J connectivity index is 1.27. The molecule has 0 unspecified atom stereocenters. The zero-order chi connectivity index (χ0) is 53.5. The first-order valence-electron chi connectivity index (χ1n) is 22.9. The molecule has 3 aliphatic heterocycles. The lowest BCUT2D eigenvalue weighted by Crippen LogP contribution is -2.38. The van der Waals surface area contributed by atoms with Gasteiger partial charge in [-0.25, -0.2) is 8.42 Å². The van der Waals surface area contributed by atoms with E-state index in [-0.39, 0.29) is 43.4 Å². The molecule has 20 nitrogen and oxygen atoms in total. The molecule has 3 aromatic carbocycles. The van der Waals surface area contributed by atoms with Crippen molar-refractivity contribution in [3.05, 3.63) is 136 Å². The van der Waals surface area contributed by atoms with Gasteiger partial charge >= 0.3 is 0 Å². The van der Waals surface area contributed by atoms with Crippen LogP contribution in [0.4, 0.5) is 11.4 Å². The van der Waals surface area contributed by atoms with Crippen LogP contribution in [-0.4, -0.2) is 122 Å². The van der Waals surface area contributed by atoms with Crippen molar-refractivity contribution in [3.63, 3.8) is 0 Å². The highest BCUT2D eigenvalue weighted by molar-refractivity contribution is 7.86. The van der Waals surface area contributed by atoms with Gasteiger partial charge in [-0.05, 0) is 116 Å². The summed E-state index contributed by atoms with van der Waals surface area (Å²) >= 11 is 0. The van der Waals surface area contributed by atoms with E-state index in [0.717, 1.165) is 16.5 Å². The highest BCUT2D eigenvalue weighted by Crippen LogP contribution is 2.49. The summed E-state index contributed by atoms with van der Waals surface area (Å²) in [5, 5.41) is 2.71. The summed E-state index contributed by atoms with van der Waals surface area (Å²) in [6, 6.07) is 14.8. The van der Waals surface area contributed by atoms with Crippen molar-refractivity contribution in [2.75, 3.05) is 42.6 Å². The fourth-order valence-electron chi connectivity index (χ4n) is 9.38. The summed E-state index contributed by atoms with van der Waals surface area (Å²) in [5.41, 5.74) is 2.91. The van der Waals surface area contributed by atoms with Gasteiger partial charge in [-0.3, -0.25) is 32.9 Å². The molecule has 24 heteroatoms. The van der Waals surface area contributed by atoms with Crippen LogP contribution in [-0.2, 0) is 72.1 Å². The van der Waals surface area contributed by atoms with E-state index < -0.39 is 79.5 Å². The fraction of sp³-hybridized carbons (Fsp3) is 0.347. The third kappa shape index (κ3) is 12.6. The molecule has 0 bridgehead atoms. The van der Waals surface area contributed by atoms with Crippen LogP contribution in [0.5, 0.6) is 5.75 Å². The lowest BCUT2D eigenvalue weighted by Gasteiger charge is -2.27. The predicted octanol–water partition coefficient (Wildman–Crippen LogP) is 4.64. The molecule has 4 aliphatic rings. The van der Waals surface area contributed by atoms with Crippen molar-refractivity contribution in [2.45, 2.75) is 80.4 Å². The minimum atomic E-state index is -4.87. The number of amides is 3. The number of nitrogens with one attached hydrogen (secondary N) is 1. The number of hydrogen-bond donors (Lipinski definition) is 4. The topological polar surface area (TPSA) is 302 Å². The summed E-state index contributed by atoms with van der Waals surface area (Å²) in [5.74, 6) is -1.74. The Bertz CT molecular complexity index is 3430. The van der Waals surface area contributed by atoms with E-state index in [0.29, 0.717) is 82.2 Å². The normalized spacial score (nSPS) is 19.0. The molecule has 3 heterocycles. The van der Waals surface area contributed by atoms with Gasteiger partial charge in [0, 0.05) is 72.7 Å². The molecule has 3 amide bonds. The van der Waals surface area contributed by atoms with E-state index in [9.17, 15) is 66.3 Å². The Morgan fingerprint density at radius 2 is 1.41 bits per heavy atom. The number of aryl methyl sites for hydroxylation is 1. The molecule has 0 aromatic heterocycles. The van der Waals surface area contributed by atoms with Crippen molar-refractivity contribution < 1.29 is 75.6 Å². The van der Waals surface area contributed by atoms with Gasteiger partial charge < -0.3 is 19.5 Å². The van der Waals surface area contributed by atoms with Gasteiger partial charge in [0.1, 0.15) is 27.4 Å². The van der Waals surface area contributed by atoms with Crippen LogP contribution in [0, 0.1) is 0 Å². The van der Waals surface area contributed by atoms with E-state index in [1.54, 1.807) is 85.7 Å². The fourth-order valence-corrected chi connectivity index (χ4v) is 11.2. The lowest BCUT2D eigenvalue weighted by atomic mass is 9.81. The second kappa shape index (κ2) is 20.7. The number of imide groups is 1. The molecule has 0 fully saturated rings. The molecule has 0 atom stereocenters. The maximum absolute atomic E-state index is 12.7. The number of benzene rings is 3. The van der Waals surface area contributed by atoms with Crippen LogP contribution < -0.4 is 15.0 Å². The first-order valence-corrected chi connectivity index (χ1v) is 29.0. The summed E-state index contributed by atoms with van der Waals surface area (Å²) in [6.07, 6.45) is 11.4. The van der Waals surface area contributed by atoms with Crippen LogP contribution in [0.25, 0.3) is 0 Å². The Morgan fingerprint density at radius 3 is 2.04 bits per heavy atom. The second-order valence-corrected chi connectivity index (χ2v) is 24.8. The molecule has 0 saturated heterocycles. The van der Waals surface area contributed by atoms with E-state index in [1.807, 2.05) is 0 Å². The monoisotopic (exact) mass is 1080 g/mol. The Hall–Kier alpha value is -6.12. The number of nitrogens with zero attached hydrogens (tertiary/aromatic N) is 3. The quantitative estimate of drug-likeness (QED) is 0.0722. The largest absolute Gasteiger partial charge is 0.744 e. The molecule has 3 aromatic rings. The second-order valence-electron chi connectivity index (χ2n) is 18.8. The maximum Gasteiger partial charge on any atom is 0.294 e. The molecule has 0 radical (unpaired) electrons. The van der Waals surface area contributed by atoms with Gasteiger partial charge in [0.25, 0.3) is 42.2 Å². The third-order valence-corrected chi connectivity index (χ3v) is 16.2. The molecular weight excluding hydrogens is 1030 g/mol. The van der Waals surface area contributed by atoms with Gasteiger partial charge in [-0.1, -0.05) is 32.1 Å². The van der Waals surface area contributed by atoms with Crippen LogP contribution in [0.3, 0.4) is 0 Å². The molecule has 4 N–H and O–H groups in total. The minimum Gasteiger partial charge on any atom is -0.744 e. The van der Waals surface area contributed by atoms with E-state index in [1.165, 1.54) is 42.5 Å². The number of carbonyl (C=O) groups excluding carboxylic acids is 3. The molecular formula is C49H54N4O16S4. The Morgan fingerprint density at radius 1 is 0.767 bits per heavy atom. The number of carbonyl (C=O) groups is 3. The van der Waals surface area contributed by atoms with E-state index >= 15 is 0 Å². The number of rotatable bonds is 19. The number of fused-ring (bicyclic) bond motifs is 2. The molecule has 0 spiro atoms. The average molecular weight is 1080 g/mol. The Labute approximate surface area is 424 Å². The van der Waals surface area contributed by atoms with Crippen molar-refractivity contribution in [2.24, 2.45) is 0 Å². The standard InChI is InChI=1S/C49H54N4O16S4/c1-48(2)38-30-36(72(63,64)65)15-17-40(38)51(26-28-70(57,58)59)42(48)19-11-33-6-5-7-34(12-20-43-49(3,4)39-31-37(73(66,67)68)16-18-41(39)52(43)27-29-71(60,61)62)47(33)69-35-13-8-32(9-14-35)10-21-44(54)50-24-25-53-45(55)22-23-46(53)56/h8-9,11-20,22-23,30-31H,5-7,10,21,24-29H2,1-4H3,(H4-,50,54,57,58,59,60,61,62,63,64,65,66,67,68). The average Bonchev–Trinajstić information content (AvgIpc) is 3.82. The van der Waals surface area contributed by atoms with E-state index in [4.69, 9.17) is 4.74 Å². The summed E-state index contributed by atoms with van der Waals surface area (Å²) < 4.78 is 147.